The van der Waals surface area contributed by atoms with Gasteiger partial charge < -0.3 is 14.8 Å². The smallest absolute Gasteiger partial charge is 0.258 e. The fourth-order valence-electron chi connectivity index (χ4n) is 3.00. The average molecular weight is 365 g/mol. The predicted octanol–water partition coefficient (Wildman–Crippen LogP) is 1.95. The summed E-state index contributed by atoms with van der Waals surface area (Å²) in [7, 11) is 0. The Balaban J connectivity index is 1.41. The molecule has 0 aromatic heterocycles. The number of ether oxygens (including phenoxy) is 2. The van der Waals surface area contributed by atoms with E-state index in [4.69, 9.17) is 14.7 Å². The maximum absolute atomic E-state index is 12.0. The summed E-state index contributed by atoms with van der Waals surface area (Å²) in [6.07, 6.45) is -0.0437. The van der Waals surface area contributed by atoms with Gasteiger partial charge in [-0.05, 0) is 17.7 Å². The molecule has 0 saturated carbocycles. The summed E-state index contributed by atoms with van der Waals surface area (Å²) < 4.78 is 11.2. The van der Waals surface area contributed by atoms with Crippen LogP contribution in [0.5, 0.6) is 5.75 Å². The Labute approximate surface area is 159 Å². The minimum atomic E-state index is -0.230. The van der Waals surface area contributed by atoms with Crippen molar-refractivity contribution in [3.63, 3.8) is 0 Å². The first-order chi connectivity index (χ1) is 13.2. The summed E-state index contributed by atoms with van der Waals surface area (Å²) >= 11 is 0. The lowest BCUT2D eigenvalue weighted by Crippen LogP contribution is -2.47. The summed E-state index contributed by atoms with van der Waals surface area (Å²) in [5.41, 5.74) is 1.68. The second kappa shape index (κ2) is 9.72. The minimum absolute atomic E-state index is 0.0437. The van der Waals surface area contributed by atoms with Crippen LogP contribution in [0, 0.1) is 11.3 Å². The molecule has 6 nitrogen and oxygen atoms in total. The van der Waals surface area contributed by atoms with Gasteiger partial charge in [-0.15, -0.1) is 0 Å². The molecule has 0 bridgehead atoms. The number of rotatable bonds is 7. The number of amides is 1. The monoisotopic (exact) mass is 365 g/mol. The van der Waals surface area contributed by atoms with Crippen LogP contribution in [0.3, 0.4) is 0 Å². The number of hydrogen-bond donors (Lipinski definition) is 1. The number of hydrogen-bond acceptors (Lipinski definition) is 5. The molecule has 1 atom stereocenters. The molecule has 1 saturated heterocycles. The van der Waals surface area contributed by atoms with Crippen molar-refractivity contribution in [3.8, 4) is 11.8 Å². The average Bonchev–Trinajstić information content (AvgIpc) is 2.72. The van der Waals surface area contributed by atoms with Crippen LogP contribution in [-0.2, 0) is 16.1 Å². The molecule has 1 amide bonds. The maximum atomic E-state index is 12.0. The van der Waals surface area contributed by atoms with Gasteiger partial charge in [-0.25, -0.2) is 0 Å². The van der Waals surface area contributed by atoms with E-state index in [1.165, 1.54) is 5.56 Å². The highest BCUT2D eigenvalue weighted by molar-refractivity contribution is 5.77. The van der Waals surface area contributed by atoms with Gasteiger partial charge >= 0.3 is 0 Å². The quantitative estimate of drug-likeness (QED) is 0.812. The normalized spacial score (nSPS) is 17.1. The molecule has 1 aliphatic rings. The van der Waals surface area contributed by atoms with Crippen LogP contribution >= 0.6 is 0 Å². The third-order valence-electron chi connectivity index (χ3n) is 4.37. The van der Waals surface area contributed by atoms with Crippen molar-refractivity contribution in [2.75, 3.05) is 32.8 Å². The van der Waals surface area contributed by atoms with Gasteiger partial charge in [-0.2, -0.15) is 5.26 Å². The summed E-state index contributed by atoms with van der Waals surface area (Å²) in [4.78, 5) is 14.4. The molecule has 1 aliphatic heterocycles. The standard InChI is InChI=1S/C21H23N3O3/c22-12-18-8-4-5-9-20(18)27-16-21(25)23-13-19-15-24(10-11-26-19)14-17-6-2-1-3-7-17/h1-9,19H,10-11,13-16H2,(H,23,25)/t19-/m0/s1. The number of para-hydroxylation sites is 1. The summed E-state index contributed by atoms with van der Waals surface area (Å²) in [5.74, 6) is 0.185. The molecule has 140 valence electrons. The highest BCUT2D eigenvalue weighted by atomic mass is 16.5. The van der Waals surface area contributed by atoms with Crippen LogP contribution in [0.15, 0.2) is 54.6 Å². The topological polar surface area (TPSA) is 74.6 Å². The van der Waals surface area contributed by atoms with E-state index in [2.05, 4.69) is 22.3 Å². The number of nitriles is 1. The maximum Gasteiger partial charge on any atom is 0.258 e. The predicted molar refractivity (Wildman–Crippen MR) is 101 cm³/mol. The number of morpholine rings is 1. The molecular weight excluding hydrogens is 342 g/mol. The van der Waals surface area contributed by atoms with E-state index < -0.39 is 0 Å². The van der Waals surface area contributed by atoms with Crippen molar-refractivity contribution in [2.24, 2.45) is 0 Å². The lowest BCUT2D eigenvalue weighted by atomic mass is 10.2. The van der Waals surface area contributed by atoms with Gasteiger partial charge in [0, 0.05) is 26.2 Å². The zero-order valence-corrected chi connectivity index (χ0v) is 15.1. The largest absolute Gasteiger partial charge is 0.482 e. The SMILES string of the molecule is N#Cc1ccccc1OCC(=O)NC[C@H]1CN(Cc2ccccc2)CCO1. The third-order valence-corrected chi connectivity index (χ3v) is 4.37. The minimum Gasteiger partial charge on any atom is -0.482 e. The van der Waals surface area contributed by atoms with Crippen molar-refractivity contribution in [2.45, 2.75) is 12.6 Å². The summed E-state index contributed by atoms with van der Waals surface area (Å²) in [6, 6.07) is 19.2. The Morgan fingerprint density at radius 1 is 1.22 bits per heavy atom. The Morgan fingerprint density at radius 2 is 2.00 bits per heavy atom. The molecule has 2 aromatic carbocycles. The number of benzene rings is 2. The van der Waals surface area contributed by atoms with Crippen molar-refractivity contribution in [1.29, 1.82) is 5.26 Å². The van der Waals surface area contributed by atoms with Crippen LogP contribution in [0.1, 0.15) is 11.1 Å². The molecule has 1 N–H and O–H groups in total. The van der Waals surface area contributed by atoms with E-state index in [0.29, 0.717) is 24.5 Å². The van der Waals surface area contributed by atoms with E-state index >= 15 is 0 Å². The number of carbonyl (C=O) groups is 1. The molecule has 1 fully saturated rings. The van der Waals surface area contributed by atoms with Gasteiger partial charge in [0.25, 0.3) is 5.91 Å². The van der Waals surface area contributed by atoms with Crippen LogP contribution in [0.2, 0.25) is 0 Å². The third kappa shape index (κ3) is 5.81. The highest BCUT2D eigenvalue weighted by Gasteiger charge is 2.21. The molecular formula is C21H23N3O3. The number of nitrogens with zero attached hydrogens (tertiary/aromatic N) is 2. The molecule has 0 aliphatic carbocycles. The van der Waals surface area contributed by atoms with Gasteiger partial charge in [0.15, 0.2) is 6.61 Å². The van der Waals surface area contributed by atoms with Gasteiger partial charge in [-0.1, -0.05) is 42.5 Å². The fraction of sp³-hybridized carbons (Fsp3) is 0.333. The van der Waals surface area contributed by atoms with Gasteiger partial charge in [0.2, 0.25) is 0 Å². The molecule has 1 heterocycles. The first-order valence-corrected chi connectivity index (χ1v) is 9.01. The molecule has 27 heavy (non-hydrogen) atoms. The Bertz CT molecular complexity index is 789. The van der Waals surface area contributed by atoms with Crippen molar-refractivity contribution in [1.82, 2.24) is 10.2 Å². The molecule has 0 unspecified atom stereocenters. The van der Waals surface area contributed by atoms with Crippen molar-refractivity contribution < 1.29 is 14.3 Å². The van der Waals surface area contributed by atoms with Crippen LogP contribution in [-0.4, -0.2) is 49.8 Å². The van der Waals surface area contributed by atoms with E-state index in [0.717, 1.165) is 19.6 Å². The summed E-state index contributed by atoms with van der Waals surface area (Å²) in [6.45, 7) is 3.50. The van der Waals surface area contributed by atoms with E-state index in [9.17, 15) is 4.79 Å². The lowest BCUT2D eigenvalue weighted by molar-refractivity contribution is -0.124. The van der Waals surface area contributed by atoms with Crippen molar-refractivity contribution >= 4 is 5.91 Å². The highest BCUT2D eigenvalue weighted by Crippen LogP contribution is 2.16. The van der Waals surface area contributed by atoms with Gasteiger partial charge in [0.05, 0.1) is 18.3 Å². The zero-order chi connectivity index (χ0) is 18.9. The summed E-state index contributed by atoms with van der Waals surface area (Å²) in [5, 5.41) is 11.9. The molecule has 3 rings (SSSR count). The number of carbonyl (C=O) groups excluding carboxylic acids is 1. The van der Waals surface area contributed by atoms with E-state index in [-0.39, 0.29) is 18.6 Å². The van der Waals surface area contributed by atoms with E-state index in [1.54, 1.807) is 24.3 Å². The lowest BCUT2D eigenvalue weighted by Gasteiger charge is -2.33. The van der Waals surface area contributed by atoms with Crippen LogP contribution in [0.4, 0.5) is 0 Å². The molecule has 0 radical (unpaired) electrons. The first kappa shape index (κ1) is 18.9. The Morgan fingerprint density at radius 3 is 2.81 bits per heavy atom. The fourth-order valence-corrected chi connectivity index (χ4v) is 3.00. The second-order valence-electron chi connectivity index (χ2n) is 6.41. The van der Waals surface area contributed by atoms with Crippen LogP contribution < -0.4 is 10.1 Å². The van der Waals surface area contributed by atoms with Gasteiger partial charge in [0.1, 0.15) is 11.8 Å². The number of nitrogens with one attached hydrogen (secondary N) is 1. The van der Waals surface area contributed by atoms with Gasteiger partial charge in [-0.3, -0.25) is 9.69 Å². The Kier molecular flexibility index (Phi) is 6.80. The zero-order valence-electron chi connectivity index (χ0n) is 15.1. The Hall–Kier alpha value is -2.88. The van der Waals surface area contributed by atoms with Crippen molar-refractivity contribution in [3.05, 3.63) is 65.7 Å². The molecule has 6 heteroatoms. The molecule has 2 aromatic rings. The van der Waals surface area contributed by atoms with E-state index in [1.807, 2.05) is 24.3 Å². The van der Waals surface area contributed by atoms with Crippen LogP contribution in [0.25, 0.3) is 0 Å². The second-order valence-corrected chi connectivity index (χ2v) is 6.41. The first-order valence-electron chi connectivity index (χ1n) is 9.01. The molecule has 0 spiro atoms.